The first-order valence-electron chi connectivity index (χ1n) is 7.84. The molecule has 3 aromatic rings. The molecule has 0 spiro atoms. The summed E-state index contributed by atoms with van der Waals surface area (Å²) in [6, 6.07) is 10.6. The lowest BCUT2D eigenvalue weighted by molar-refractivity contribution is 0.591. The number of hydrogen-bond acceptors (Lipinski definition) is 6. The maximum Gasteiger partial charge on any atom is 0.276 e. The van der Waals surface area contributed by atoms with E-state index in [2.05, 4.69) is 15.4 Å². The lowest BCUT2D eigenvalue weighted by Gasteiger charge is -2.09. The third-order valence-electron chi connectivity index (χ3n) is 3.63. The van der Waals surface area contributed by atoms with Gasteiger partial charge in [-0.05, 0) is 24.4 Å². The molecule has 1 aromatic carbocycles. The predicted molar refractivity (Wildman–Crippen MR) is 101 cm³/mol. The van der Waals surface area contributed by atoms with Gasteiger partial charge in [0.25, 0.3) is 10.6 Å². The second-order valence-electron chi connectivity index (χ2n) is 5.45. The molecule has 0 bridgehead atoms. The van der Waals surface area contributed by atoms with Crippen LogP contribution in [-0.4, -0.2) is 32.1 Å². The number of nitrogens with one attached hydrogen (secondary N) is 2. The Bertz CT molecular complexity index is 1020. The molecule has 0 radical (unpaired) electrons. The molecule has 132 valence electrons. The normalized spacial score (nSPS) is 12.4. The standard InChI is InChI=1S/C18H17N5O2S/c1-20-8-7-14(19)12-23-18(24)16-11-21-17(9-13(16)10-22-23)26(25)15-5-3-2-4-6-15/h2-11,19-20H,12H2,1H3/b8-7-,19-14?. The molecule has 2 heterocycles. The molecule has 0 saturated carbocycles. The molecular weight excluding hydrogens is 350 g/mol. The number of pyridine rings is 1. The number of benzene rings is 1. The highest BCUT2D eigenvalue weighted by Crippen LogP contribution is 2.20. The van der Waals surface area contributed by atoms with Gasteiger partial charge in [0, 0.05) is 35.9 Å². The number of nitrogens with zero attached hydrogens (tertiary/aromatic N) is 3. The van der Waals surface area contributed by atoms with Gasteiger partial charge in [0.05, 0.1) is 23.8 Å². The molecule has 1 unspecified atom stereocenters. The van der Waals surface area contributed by atoms with Crippen LogP contribution in [0.5, 0.6) is 0 Å². The van der Waals surface area contributed by atoms with Crippen molar-refractivity contribution in [3.8, 4) is 0 Å². The van der Waals surface area contributed by atoms with Crippen molar-refractivity contribution >= 4 is 27.7 Å². The lowest BCUT2D eigenvalue weighted by Crippen LogP contribution is -2.26. The van der Waals surface area contributed by atoms with Gasteiger partial charge >= 0.3 is 0 Å². The fraction of sp³-hybridized carbons (Fsp3) is 0.111. The molecule has 2 aromatic heterocycles. The highest BCUT2D eigenvalue weighted by molar-refractivity contribution is 7.91. The highest BCUT2D eigenvalue weighted by Gasteiger charge is 2.17. The van der Waals surface area contributed by atoms with Gasteiger partial charge in [-0.1, -0.05) is 18.2 Å². The Morgan fingerprint density at radius 3 is 2.85 bits per heavy atom. The summed E-state index contributed by atoms with van der Waals surface area (Å²) < 4.78 is 13.8. The average molecular weight is 367 g/mol. The Hall–Kier alpha value is -2.97. The zero-order chi connectivity index (χ0) is 18.5. The van der Waals surface area contributed by atoms with Gasteiger partial charge in [-0.15, -0.1) is 0 Å². The van der Waals surface area contributed by atoms with Crippen molar-refractivity contribution in [1.82, 2.24) is 20.1 Å². The zero-order valence-corrected chi connectivity index (χ0v) is 14.9. The summed E-state index contributed by atoms with van der Waals surface area (Å²) in [6.07, 6.45) is 6.11. The second kappa shape index (κ2) is 7.94. The molecule has 0 aliphatic carbocycles. The number of rotatable bonds is 6. The maximum absolute atomic E-state index is 12.6. The highest BCUT2D eigenvalue weighted by atomic mass is 32.2. The quantitative estimate of drug-likeness (QED) is 0.509. The average Bonchev–Trinajstić information content (AvgIpc) is 2.68. The topological polar surface area (TPSA) is 107 Å². The van der Waals surface area contributed by atoms with Crippen molar-refractivity contribution in [3.05, 3.63) is 71.4 Å². The minimum Gasteiger partial charge on any atom is -0.605 e. The van der Waals surface area contributed by atoms with Crippen LogP contribution in [0.2, 0.25) is 0 Å². The lowest BCUT2D eigenvalue weighted by atomic mass is 10.2. The van der Waals surface area contributed by atoms with E-state index in [-0.39, 0.29) is 17.8 Å². The number of aromatic nitrogens is 3. The van der Waals surface area contributed by atoms with Gasteiger partial charge in [-0.2, -0.15) is 5.10 Å². The Labute approximate surface area is 153 Å². The van der Waals surface area contributed by atoms with E-state index in [0.29, 0.717) is 20.7 Å². The third kappa shape index (κ3) is 3.81. The van der Waals surface area contributed by atoms with Gasteiger partial charge in [0.2, 0.25) is 0 Å². The predicted octanol–water partition coefficient (Wildman–Crippen LogP) is 1.71. The summed E-state index contributed by atoms with van der Waals surface area (Å²) in [6.45, 7) is 0.0602. The van der Waals surface area contributed by atoms with Crippen molar-refractivity contribution in [2.45, 2.75) is 16.5 Å². The van der Waals surface area contributed by atoms with E-state index in [1.54, 1.807) is 37.5 Å². The maximum atomic E-state index is 12.6. The first-order chi connectivity index (χ1) is 12.6. The summed E-state index contributed by atoms with van der Waals surface area (Å²) in [7, 11) is 1.73. The number of allylic oxidation sites excluding steroid dienone is 1. The van der Waals surface area contributed by atoms with E-state index in [1.807, 2.05) is 18.2 Å². The van der Waals surface area contributed by atoms with Crippen LogP contribution >= 0.6 is 0 Å². The second-order valence-corrected chi connectivity index (χ2v) is 6.87. The molecular formula is C18H17N5O2S. The van der Waals surface area contributed by atoms with Crippen LogP contribution in [0.4, 0.5) is 0 Å². The molecule has 26 heavy (non-hydrogen) atoms. The first-order valence-corrected chi connectivity index (χ1v) is 8.99. The van der Waals surface area contributed by atoms with E-state index in [0.717, 1.165) is 0 Å². The van der Waals surface area contributed by atoms with E-state index in [4.69, 9.17) is 5.41 Å². The SMILES string of the molecule is CN/C=C\C(=N)Cn1ncc2cc([S+]([O-])c3ccccc3)ncc2c1=O. The van der Waals surface area contributed by atoms with Crippen molar-refractivity contribution in [3.63, 3.8) is 0 Å². The summed E-state index contributed by atoms with van der Waals surface area (Å²) in [5.74, 6) is 0. The Balaban J connectivity index is 1.92. The van der Waals surface area contributed by atoms with E-state index < -0.39 is 11.2 Å². The minimum atomic E-state index is -1.43. The first kappa shape index (κ1) is 17.8. The molecule has 0 aliphatic heterocycles. The van der Waals surface area contributed by atoms with E-state index >= 15 is 0 Å². The molecule has 2 N–H and O–H groups in total. The number of fused-ring (bicyclic) bond motifs is 1. The summed E-state index contributed by atoms with van der Waals surface area (Å²) >= 11 is -1.43. The van der Waals surface area contributed by atoms with Gasteiger partial charge in [-0.25, -0.2) is 9.67 Å². The molecule has 8 heteroatoms. The Morgan fingerprint density at radius 1 is 1.35 bits per heavy atom. The van der Waals surface area contributed by atoms with Crippen LogP contribution in [0.15, 0.2) is 75.8 Å². The third-order valence-corrected chi connectivity index (χ3v) is 4.93. The monoisotopic (exact) mass is 367 g/mol. The fourth-order valence-corrected chi connectivity index (χ4v) is 3.36. The van der Waals surface area contributed by atoms with Gasteiger partial charge < -0.3 is 15.3 Å². The van der Waals surface area contributed by atoms with Crippen molar-refractivity contribution in [2.24, 2.45) is 0 Å². The molecule has 7 nitrogen and oxygen atoms in total. The van der Waals surface area contributed by atoms with E-state index in [1.165, 1.54) is 17.1 Å². The molecule has 3 rings (SSSR count). The summed E-state index contributed by atoms with van der Waals surface area (Å²) in [5.41, 5.74) is -0.0993. The van der Waals surface area contributed by atoms with Crippen LogP contribution in [0.1, 0.15) is 0 Å². The molecule has 0 fully saturated rings. The van der Waals surface area contributed by atoms with Gasteiger partial charge in [0.15, 0.2) is 4.90 Å². The molecule has 0 saturated heterocycles. The van der Waals surface area contributed by atoms with Crippen LogP contribution in [-0.2, 0) is 17.7 Å². The molecule has 1 atom stereocenters. The molecule has 0 amide bonds. The van der Waals surface area contributed by atoms with E-state index in [9.17, 15) is 9.35 Å². The minimum absolute atomic E-state index is 0.0602. The zero-order valence-electron chi connectivity index (χ0n) is 14.0. The number of hydrogen-bond donors (Lipinski definition) is 2. The summed E-state index contributed by atoms with van der Waals surface area (Å²) in [5, 5.41) is 16.0. The van der Waals surface area contributed by atoms with Crippen LogP contribution < -0.4 is 10.9 Å². The Morgan fingerprint density at radius 2 is 2.12 bits per heavy atom. The van der Waals surface area contributed by atoms with Gasteiger partial charge in [-0.3, -0.25) is 4.79 Å². The van der Waals surface area contributed by atoms with Crippen LogP contribution in [0.3, 0.4) is 0 Å². The van der Waals surface area contributed by atoms with Crippen LogP contribution in [0, 0.1) is 5.41 Å². The largest absolute Gasteiger partial charge is 0.605 e. The summed E-state index contributed by atoms with van der Waals surface area (Å²) in [4.78, 5) is 17.4. The van der Waals surface area contributed by atoms with Crippen molar-refractivity contribution in [2.75, 3.05) is 7.05 Å². The molecule has 0 aliphatic rings. The fourth-order valence-electron chi connectivity index (χ4n) is 2.34. The van der Waals surface area contributed by atoms with Crippen LogP contribution in [0.25, 0.3) is 10.8 Å². The Kier molecular flexibility index (Phi) is 5.45. The van der Waals surface area contributed by atoms with Gasteiger partial charge in [0.1, 0.15) is 0 Å². The van der Waals surface area contributed by atoms with Crippen molar-refractivity contribution < 1.29 is 4.55 Å². The smallest absolute Gasteiger partial charge is 0.276 e. The van der Waals surface area contributed by atoms with Crippen molar-refractivity contribution in [1.29, 1.82) is 5.41 Å².